The summed E-state index contributed by atoms with van der Waals surface area (Å²) in [5.74, 6) is -0.947. The third-order valence-corrected chi connectivity index (χ3v) is 3.00. The van der Waals surface area contributed by atoms with Crippen LogP contribution in [-0.4, -0.2) is 0 Å². The fourth-order valence-electron chi connectivity index (χ4n) is 1.46. The average molecular weight is 288 g/mol. The molecule has 0 amide bonds. The Morgan fingerprint density at radius 2 is 1.67 bits per heavy atom. The molecule has 0 aromatic heterocycles. The van der Waals surface area contributed by atoms with Crippen molar-refractivity contribution in [3.8, 4) is 0 Å². The van der Waals surface area contributed by atoms with Crippen molar-refractivity contribution in [3.05, 3.63) is 63.6 Å². The summed E-state index contributed by atoms with van der Waals surface area (Å²) in [6.45, 7) is 0.418. The van der Waals surface area contributed by atoms with E-state index in [1.807, 2.05) is 0 Å². The Labute approximate surface area is 113 Å². The summed E-state index contributed by atoms with van der Waals surface area (Å²) >= 11 is 11.2. The molecular weight excluding hydrogens is 279 g/mol. The van der Waals surface area contributed by atoms with Crippen LogP contribution >= 0.6 is 23.2 Å². The first kappa shape index (κ1) is 13.1. The summed E-state index contributed by atoms with van der Waals surface area (Å²) in [5.41, 5.74) is 1.40. The minimum absolute atomic E-state index is 0.0663. The van der Waals surface area contributed by atoms with Gasteiger partial charge in [-0.25, -0.2) is 8.78 Å². The number of rotatable bonds is 3. The first-order valence-corrected chi connectivity index (χ1v) is 5.95. The maximum absolute atomic E-state index is 13.2. The molecule has 1 N–H and O–H groups in total. The minimum Gasteiger partial charge on any atom is -0.381 e. The van der Waals surface area contributed by atoms with Crippen molar-refractivity contribution in [1.82, 2.24) is 0 Å². The van der Waals surface area contributed by atoms with E-state index < -0.39 is 11.6 Å². The fourth-order valence-corrected chi connectivity index (χ4v) is 1.78. The highest BCUT2D eigenvalue weighted by Crippen LogP contribution is 2.20. The van der Waals surface area contributed by atoms with E-state index in [9.17, 15) is 8.78 Å². The van der Waals surface area contributed by atoms with Crippen molar-refractivity contribution in [2.24, 2.45) is 0 Å². The lowest BCUT2D eigenvalue weighted by atomic mass is 10.2. The van der Waals surface area contributed by atoms with E-state index in [0.29, 0.717) is 12.2 Å². The number of anilines is 1. The molecule has 0 atom stereocenters. The monoisotopic (exact) mass is 287 g/mol. The molecule has 2 aromatic carbocycles. The van der Waals surface area contributed by atoms with Crippen LogP contribution in [0.4, 0.5) is 14.5 Å². The predicted molar refractivity (Wildman–Crippen MR) is 70.1 cm³/mol. The van der Waals surface area contributed by atoms with E-state index in [-0.39, 0.29) is 10.0 Å². The quantitative estimate of drug-likeness (QED) is 0.848. The highest BCUT2D eigenvalue weighted by Gasteiger charge is 2.03. The molecule has 1 nitrogen and oxygen atoms in total. The number of hydrogen-bond donors (Lipinski definition) is 1. The summed E-state index contributed by atoms with van der Waals surface area (Å²) in [5, 5.41) is 3.14. The highest BCUT2D eigenvalue weighted by atomic mass is 35.5. The van der Waals surface area contributed by atoms with Crippen LogP contribution in [0, 0.1) is 11.6 Å². The number of halogens is 4. The van der Waals surface area contributed by atoms with Crippen molar-refractivity contribution >= 4 is 28.9 Å². The van der Waals surface area contributed by atoms with Gasteiger partial charge in [-0.05, 0) is 35.9 Å². The SMILES string of the molecule is Fc1cc(NCc2ccc(F)c(Cl)c2)ccc1Cl. The van der Waals surface area contributed by atoms with Crippen LogP contribution in [0.25, 0.3) is 0 Å². The van der Waals surface area contributed by atoms with Crippen LogP contribution in [-0.2, 0) is 6.54 Å². The Kier molecular flexibility index (Phi) is 4.04. The van der Waals surface area contributed by atoms with Crippen molar-refractivity contribution in [3.63, 3.8) is 0 Å². The standard InChI is InChI=1S/C13H9Cl2F2N/c14-10-3-2-9(6-13(10)17)18-7-8-1-4-12(16)11(15)5-8/h1-6,18H,7H2. The lowest BCUT2D eigenvalue weighted by Crippen LogP contribution is -2.00. The van der Waals surface area contributed by atoms with E-state index >= 15 is 0 Å². The van der Waals surface area contributed by atoms with Crippen molar-refractivity contribution in [2.75, 3.05) is 5.32 Å². The number of nitrogens with one attached hydrogen (secondary N) is 1. The van der Waals surface area contributed by atoms with Gasteiger partial charge in [0.1, 0.15) is 11.6 Å². The Bertz CT molecular complexity index is 521. The second-order valence-corrected chi connectivity index (χ2v) is 4.55. The third kappa shape index (κ3) is 3.12. The zero-order chi connectivity index (χ0) is 13.1. The molecular formula is C13H9Cl2F2N. The van der Waals surface area contributed by atoms with E-state index in [4.69, 9.17) is 23.2 Å². The molecule has 5 heteroatoms. The van der Waals surface area contributed by atoms with Crippen molar-refractivity contribution in [1.29, 1.82) is 0 Å². The molecule has 0 aliphatic rings. The minimum atomic E-state index is -0.487. The zero-order valence-electron chi connectivity index (χ0n) is 9.18. The Morgan fingerprint density at radius 1 is 0.889 bits per heavy atom. The summed E-state index contributed by atoms with van der Waals surface area (Å²) < 4.78 is 26.1. The molecule has 2 rings (SSSR count). The Hall–Kier alpha value is -1.32. The molecule has 0 unspecified atom stereocenters. The van der Waals surface area contributed by atoms with Gasteiger partial charge < -0.3 is 5.32 Å². The van der Waals surface area contributed by atoms with Gasteiger partial charge in [0, 0.05) is 12.2 Å². The van der Waals surface area contributed by atoms with Gasteiger partial charge in [-0.2, -0.15) is 0 Å². The van der Waals surface area contributed by atoms with Crippen LogP contribution in [0.15, 0.2) is 36.4 Å². The summed E-state index contributed by atoms with van der Waals surface area (Å²) in [4.78, 5) is 0. The molecule has 18 heavy (non-hydrogen) atoms. The van der Waals surface area contributed by atoms with E-state index in [1.54, 1.807) is 12.1 Å². The van der Waals surface area contributed by atoms with Crippen molar-refractivity contribution < 1.29 is 8.78 Å². The molecule has 0 saturated heterocycles. The maximum atomic E-state index is 13.2. The smallest absolute Gasteiger partial charge is 0.143 e. The number of benzene rings is 2. The fraction of sp³-hybridized carbons (Fsp3) is 0.0769. The van der Waals surface area contributed by atoms with Crippen LogP contribution < -0.4 is 5.32 Å². The van der Waals surface area contributed by atoms with Gasteiger partial charge in [0.15, 0.2) is 0 Å². The molecule has 94 valence electrons. The molecule has 0 spiro atoms. The first-order valence-electron chi connectivity index (χ1n) is 5.19. The molecule has 0 aliphatic carbocycles. The maximum Gasteiger partial charge on any atom is 0.143 e. The predicted octanol–water partition coefficient (Wildman–Crippen LogP) is 4.88. The summed E-state index contributed by atoms with van der Waals surface area (Å²) in [6.07, 6.45) is 0. The lowest BCUT2D eigenvalue weighted by Gasteiger charge is -2.07. The second kappa shape index (κ2) is 5.55. The highest BCUT2D eigenvalue weighted by molar-refractivity contribution is 6.31. The molecule has 0 fully saturated rings. The molecule has 0 saturated carbocycles. The molecule has 0 heterocycles. The van der Waals surface area contributed by atoms with E-state index in [2.05, 4.69) is 5.32 Å². The largest absolute Gasteiger partial charge is 0.381 e. The normalized spacial score (nSPS) is 10.4. The summed E-state index contributed by atoms with van der Waals surface area (Å²) in [6, 6.07) is 8.86. The first-order chi connectivity index (χ1) is 8.56. The topological polar surface area (TPSA) is 12.0 Å². The van der Waals surface area contributed by atoms with Gasteiger partial charge in [-0.15, -0.1) is 0 Å². The Balaban J connectivity index is 2.06. The van der Waals surface area contributed by atoms with E-state index in [1.165, 1.54) is 24.3 Å². The number of hydrogen-bond acceptors (Lipinski definition) is 1. The van der Waals surface area contributed by atoms with Gasteiger partial charge in [-0.3, -0.25) is 0 Å². The van der Waals surface area contributed by atoms with Gasteiger partial charge in [0.25, 0.3) is 0 Å². The molecule has 2 aromatic rings. The second-order valence-electron chi connectivity index (χ2n) is 3.73. The van der Waals surface area contributed by atoms with Gasteiger partial charge in [0.05, 0.1) is 10.0 Å². The van der Waals surface area contributed by atoms with Crippen LogP contribution in [0.5, 0.6) is 0 Å². The van der Waals surface area contributed by atoms with Crippen LogP contribution in [0.2, 0.25) is 10.0 Å². The third-order valence-electron chi connectivity index (χ3n) is 2.40. The van der Waals surface area contributed by atoms with E-state index in [0.717, 1.165) is 5.56 Å². The van der Waals surface area contributed by atoms with Gasteiger partial charge >= 0.3 is 0 Å². The van der Waals surface area contributed by atoms with Gasteiger partial charge in [0.2, 0.25) is 0 Å². The zero-order valence-corrected chi connectivity index (χ0v) is 10.7. The lowest BCUT2D eigenvalue weighted by molar-refractivity contribution is 0.627. The van der Waals surface area contributed by atoms with Crippen LogP contribution in [0.3, 0.4) is 0 Å². The average Bonchev–Trinajstić information content (AvgIpc) is 2.35. The van der Waals surface area contributed by atoms with Crippen LogP contribution in [0.1, 0.15) is 5.56 Å². The Morgan fingerprint density at radius 3 is 2.33 bits per heavy atom. The molecule has 0 bridgehead atoms. The molecule has 0 aliphatic heterocycles. The van der Waals surface area contributed by atoms with Gasteiger partial charge in [-0.1, -0.05) is 29.3 Å². The molecule has 0 radical (unpaired) electrons. The summed E-state index contributed by atoms with van der Waals surface area (Å²) in [7, 11) is 0. The van der Waals surface area contributed by atoms with Crippen molar-refractivity contribution in [2.45, 2.75) is 6.54 Å².